The Bertz CT molecular complexity index is 480. The third kappa shape index (κ3) is 16.1. The molecule has 0 saturated heterocycles. The van der Waals surface area contributed by atoms with E-state index in [1.165, 1.54) is 5.06 Å². The smallest absolute Gasteiger partial charge is 0.407 e. The molecule has 0 rings (SSSR count). The molecular formula is C19H36N2O6. The molecule has 8 nitrogen and oxygen atoms in total. The summed E-state index contributed by atoms with van der Waals surface area (Å²) >= 11 is 0. The van der Waals surface area contributed by atoms with Crippen molar-refractivity contribution in [3.63, 3.8) is 0 Å². The minimum absolute atomic E-state index is 0.0363. The molecule has 0 bridgehead atoms. The number of nitrogens with one attached hydrogen (secondary N) is 1. The second kappa shape index (κ2) is 11.8. The molecule has 158 valence electrons. The minimum Gasteiger partial charge on any atom is -0.481 e. The van der Waals surface area contributed by atoms with Crippen LogP contribution in [0.3, 0.4) is 0 Å². The highest BCUT2D eigenvalue weighted by Gasteiger charge is 2.21. The molecule has 0 aliphatic carbocycles. The highest BCUT2D eigenvalue weighted by Crippen LogP contribution is 2.14. The van der Waals surface area contributed by atoms with Gasteiger partial charge in [-0.05, 0) is 67.2 Å². The van der Waals surface area contributed by atoms with E-state index in [0.717, 1.165) is 19.3 Å². The van der Waals surface area contributed by atoms with E-state index in [-0.39, 0.29) is 25.2 Å². The molecule has 0 aromatic heterocycles. The number of carboxylic acid groups (broad SMARTS) is 1. The number of aliphatic carboxylic acids is 1. The first-order valence-corrected chi connectivity index (χ1v) is 9.48. The number of hydrogen-bond acceptors (Lipinski definition) is 5. The van der Waals surface area contributed by atoms with Crippen molar-refractivity contribution in [2.75, 3.05) is 13.1 Å². The van der Waals surface area contributed by atoms with E-state index < -0.39 is 23.3 Å². The van der Waals surface area contributed by atoms with Gasteiger partial charge in [-0.25, -0.2) is 9.86 Å². The second-order valence-electron chi connectivity index (χ2n) is 8.44. The number of hydroxylamine groups is 2. The van der Waals surface area contributed by atoms with E-state index in [4.69, 9.17) is 14.7 Å². The first kappa shape index (κ1) is 25.2. The highest BCUT2D eigenvalue weighted by molar-refractivity contribution is 5.76. The van der Waals surface area contributed by atoms with Crippen molar-refractivity contribution in [1.29, 1.82) is 0 Å². The summed E-state index contributed by atoms with van der Waals surface area (Å²) in [6.07, 6.45) is 2.25. The van der Waals surface area contributed by atoms with Crippen molar-refractivity contribution in [3.05, 3.63) is 0 Å². The number of rotatable bonds is 11. The summed E-state index contributed by atoms with van der Waals surface area (Å²) in [6, 6.07) is 0. The van der Waals surface area contributed by atoms with Crippen LogP contribution in [0.5, 0.6) is 0 Å². The zero-order chi connectivity index (χ0) is 21.1. The molecule has 0 saturated carbocycles. The van der Waals surface area contributed by atoms with E-state index >= 15 is 0 Å². The molecule has 0 unspecified atom stereocenters. The zero-order valence-corrected chi connectivity index (χ0v) is 17.6. The lowest BCUT2D eigenvalue weighted by molar-refractivity contribution is -0.227. The summed E-state index contributed by atoms with van der Waals surface area (Å²) in [4.78, 5) is 40.1. The number of carbonyl (C=O) groups is 3. The van der Waals surface area contributed by atoms with Gasteiger partial charge in [-0.3, -0.25) is 14.4 Å². The normalized spacial score (nSPS) is 11.8. The van der Waals surface area contributed by atoms with Crippen LogP contribution in [0.15, 0.2) is 0 Å². The fraction of sp³-hybridized carbons (Fsp3) is 0.842. The van der Waals surface area contributed by atoms with E-state index in [2.05, 4.69) is 5.32 Å². The highest BCUT2D eigenvalue weighted by atomic mass is 16.7. The Labute approximate surface area is 162 Å². The maximum atomic E-state index is 12.3. The van der Waals surface area contributed by atoms with Crippen molar-refractivity contribution in [2.24, 2.45) is 0 Å². The predicted octanol–water partition coefficient (Wildman–Crippen LogP) is 3.50. The van der Waals surface area contributed by atoms with Crippen LogP contribution in [0.25, 0.3) is 0 Å². The predicted molar refractivity (Wildman–Crippen MR) is 102 cm³/mol. The number of alkyl carbamates (subject to hydrolysis) is 1. The molecule has 8 heteroatoms. The average Bonchev–Trinajstić information content (AvgIpc) is 2.45. The number of carbonyl (C=O) groups excluding carboxylic acids is 2. The minimum atomic E-state index is -0.913. The number of ether oxygens (including phenoxy) is 1. The van der Waals surface area contributed by atoms with E-state index in [0.29, 0.717) is 13.1 Å². The Balaban J connectivity index is 4.20. The van der Waals surface area contributed by atoms with Gasteiger partial charge in [0, 0.05) is 25.9 Å². The summed E-state index contributed by atoms with van der Waals surface area (Å²) in [5, 5.41) is 12.7. The Kier molecular flexibility index (Phi) is 11.0. The number of carboxylic acids is 1. The van der Waals surface area contributed by atoms with Gasteiger partial charge in [0.2, 0.25) is 5.91 Å². The summed E-state index contributed by atoms with van der Waals surface area (Å²) in [5.74, 6) is -1.12. The van der Waals surface area contributed by atoms with Crippen LogP contribution in [0.4, 0.5) is 4.79 Å². The van der Waals surface area contributed by atoms with E-state index in [1.54, 1.807) is 0 Å². The second-order valence-corrected chi connectivity index (χ2v) is 8.44. The van der Waals surface area contributed by atoms with Gasteiger partial charge in [0.05, 0.1) is 5.60 Å². The maximum Gasteiger partial charge on any atom is 0.407 e. The zero-order valence-electron chi connectivity index (χ0n) is 17.6. The summed E-state index contributed by atoms with van der Waals surface area (Å²) in [6.45, 7) is 11.9. The Morgan fingerprint density at radius 1 is 0.889 bits per heavy atom. The van der Waals surface area contributed by atoms with Crippen LogP contribution >= 0.6 is 0 Å². The van der Waals surface area contributed by atoms with Crippen molar-refractivity contribution in [3.8, 4) is 0 Å². The number of hydrogen-bond donors (Lipinski definition) is 2. The molecule has 0 atom stereocenters. The molecule has 0 spiro atoms. The van der Waals surface area contributed by atoms with E-state index in [1.807, 2.05) is 41.5 Å². The average molecular weight is 389 g/mol. The topological polar surface area (TPSA) is 105 Å². The molecule has 0 heterocycles. The standard InChI is InChI=1S/C19H36N2O6/c1-18(2,3)26-17(25)20-13-8-7-9-14-21(27-19(4,5)6)15(22)11-10-12-16(23)24/h7-14H2,1-6H3,(H,20,25)(H,23,24). The van der Waals surface area contributed by atoms with Crippen LogP contribution in [-0.4, -0.2) is 52.4 Å². The van der Waals surface area contributed by atoms with Gasteiger partial charge in [-0.2, -0.15) is 0 Å². The number of nitrogens with zero attached hydrogens (tertiary/aromatic N) is 1. The van der Waals surface area contributed by atoms with Crippen LogP contribution in [0.1, 0.15) is 80.1 Å². The quantitative estimate of drug-likeness (QED) is 0.415. The van der Waals surface area contributed by atoms with Gasteiger partial charge in [-0.15, -0.1) is 0 Å². The first-order valence-electron chi connectivity index (χ1n) is 9.48. The SMILES string of the molecule is CC(C)(C)OC(=O)NCCCCCN(OC(C)(C)C)C(=O)CCCC(=O)O. The molecule has 0 aliphatic heterocycles. The summed E-state index contributed by atoms with van der Waals surface area (Å²) < 4.78 is 5.16. The Morgan fingerprint density at radius 2 is 1.52 bits per heavy atom. The molecule has 27 heavy (non-hydrogen) atoms. The Hall–Kier alpha value is -1.83. The van der Waals surface area contributed by atoms with Gasteiger partial charge >= 0.3 is 12.1 Å². The lowest BCUT2D eigenvalue weighted by Crippen LogP contribution is -2.39. The summed E-state index contributed by atoms with van der Waals surface area (Å²) in [5.41, 5.74) is -1.03. The molecule has 2 N–H and O–H groups in total. The van der Waals surface area contributed by atoms with Gasteiger partial charge in [-0.1, -0.05) is 0 Å². The van der Waals surface area contributed by atoms with Crippen molar-refractivity contribution >= 4 is 18.0 Å². The lowest BCUT2D eigenvalue weighted by atomic mass is 10.2. The number of amides is 2. The molecular weight excluding hydrogens is 352 g/mol. The first-order chi connectivity index (χ1) is 12.3. The van der Waals surface area contributed by atoms with Crippen LogP contribution in [-0.2, 0) is 19.2 Å². The van der Waals surface area contributed by atoms with Gasteiger partial charge in [0.15, 0.2) is 0 Å². The largest absolute Gasteiger partial charge is 0.481 e. The lowest BCUT2D eigenvalue weighted by Gasteiger charge is -2.30. The number of unbranched alkanes of at least 4 members (excludes halogenated alkanes) is 2. The fourth-order valence-corrected chi connectivity index (χ4v) is 2.13. The molecule has 0 fully saturated rings. The maximum absolute atomic E-state index is 12.3. The molecule has 0 aromatic rings. The van der Waals surface area contributed by atoms with E-state index in [9.17, 15) is 14.4 Å². The van der Waals surface area contributed by atoms with Gasteiger partial charge in [0.25, 0.3) is 0 Å². The van der Waals surface area contributed by atoms with Crippen molar-refractivity contribution in [1.82, 2.24) is 10.4 Å². The van der Waals surface area contributed by atoms with Crippen molar-refractivity contribution in [2.45, 2.75) is 91.3 Å². The third-order valence-corrected chi connectivity index (χ3v) is 3.15. The van der Waals surface area contributed by atoms with Gasteiger partial charge < -0.3 is 15.2 Å². The van der Waals surface area contributed by atoms with Crippen LogP contribution in [0, 0.1) is 0 Å². The van der Waals surface area contributed by atoms with Crippen LogP contribution < -0.4 is 5.32 Å². The van der Waals surface area contributed by atoms with Crippen LogP contribution in [0.2, 0.25) is 0 Å². The Morgan fingerprint density at radius 3 is 2.04 bits per heavy atom. The summed E-state index contributed by atoms with van der Waals surface area (Å²) in [7, 11) is 0. The molecule has 2 amide bonds. The molecule has 0 aliphatic rings. The van der Waals surface area contributed by atoms with Gasteiger partial charge in [0.1, 0.15) is 5.60 Å². The third-order valence-electron chi connectivity index (χ3n) is 3.15. The molecule has 0 radical (unpaired) electrons. The molecule has 0 aromatic carbocycles. The monoisotopic (exact) mass is 388 g/mol. The fourth-order valence-electron chi connectivity index (χ4n) is 2.13. The van der Waals surface area contributed by atoms with Crippen molar-refractivity contribution < 1.29 is 29.1 Å².